The molecule has 1 N–H and O–H groups in total. The second-order valence-electron chi connectivity index (χ2n) is 2.50. The highest BCUT2D eigenvalue weighted by Crippen LogP contribution is 1.92. The molecule has 7 heteroatoms. The lowest BCUT2D eigenvalue weighted by molar-refractivity contribution is -0.150. The lowest BCUT2D eigenvalue weighted by atomic mass is 10.5. The molecular formula is C10H10O7. The van der Waals surface area contributed by atoms with Gasteiger partial charge in [-0.05, 0) is 6.92 Å². The Morgan fingerprint density at radius 3 is 2.12 bits per heavy atom. The maximum absolute atomic E-state index is 10.4. The predicted octanol–water partition coefficient (Wildman–Crippen LogP) is -0.184. The summed E-state index contributed by atoms with van der Waals surface area (Å²) >= 11 is 0. The van der Waals surface area contributed by atoms with E-state index in [0.29, 0.717) is 0 Å². The third-order valence-corrected chi connectivity index (χ3v) is 1.21. The number of esters is 3. The first-order chi connectivity index (χ1) is 7.95. The first-order valence-corrected chi connectivity index (χ1v) is 4.47. The number of carbonyl (C=O) groups is 4. The molecule has 1 heterocycles. The van der Waals surface area contributed by atoms with Gasteiger partial charge in [-0.15, -0.1) is 0 Å². The molecule has 0 aliphatic carbocycles. The lowest BCUT2D eigenvalue weighted by Gasteiger charge is -1.92. The van der Waals surface area contributed by atoms with Crippen molar-refractivity contribution in [2.75, 3.05) is 6.61 Å². The molecular weight excluding hydrogens is 232 g/mol. The molecule has 7 nitrogen and oxygen atoms in total. The molecule has 0 saturated heterocycles. The molecule has 0 fully saturated rings. The topological polar surface area (TPSA) is 107 Å². The summed E-state index contributed by atoms with van der Waals surface area (Å²) < 4.78 is 8.38. The van der Waals surface area contributed by atoms with E-state index >= 15 is 0 Å². The Hall–Kier alpha value is -2.44. The van der Waals surface area contributed by atoms with E-state index in [2.05, 4.69) is 9.47 Å². The number of carboxylic acids is 1. The van der Waals surface area contributed by atoms with Gasteiger partial charge in [-0.3, -0.25) is 0 Å². The fourth-order valence-corrected chi connectivity index (χ4v) is 0.633. The van der Waals surface area contributed by atoms with Gasteiger partial charge in [-0.25, -0.2) is 19.2 Å². The van der Waals surface area contributed by atoms with E-state index in [9.17, 15) is 19.2 Å². The molecule has 17 heavy (non-hydrogen) atoms. The van der Waals surface area contributed by atoms with Gasteiger partial charge in [0.05, 0.1) is 6.61 Å². The van der Waals surface area contributed by atoms with Crippen molar-refractivity contribution >= 4 is 23.9 Å². The Labute approximate surface area is 96.3 Å². The number of rotatable bonds is 3. The molecule has 0 aromatic carbocycles. The van der Waals surface area contributed by atoms with E-state index in [1.54, 1.807) is 6.92 Å². The van der Waals surface area contributed by atoms with Crippen molar-refractivity contribution in [3.8, 4) is 0 Å². The monoisotopic (exact) mass is 242 g/mol. The third-order valence-electron chi connectivity index (χ3n) is 1.21. The number of cyclic esters (lactones) is 2. The van der Waals surface area contributed by atoms with Gasteiger partial charge in [-0.1, -0.05) is 0 Å². The summed E-state index contributed by atoms with van der Waals surface area (Å²) in [6.45, 7) is 1.90. The van der Waals surface area contributed by atoms with Crippen LogP contribution in [0.25, 0.3) is 0 Å². The summed E-state index contributed by atoms with van der Waals surface area (Å²) in [6, 6.07) is 0. The number of ether oxygens (including phenoxy) is 2. The van der Waals surface area contributed by atoms with Crippen LogP contribution in [0.1, 0.15) is 6.92 Å². The standard InChI is InChI=1S/C6H8O4.C4H2O3/c1-2-10-6(9)4-3-5(7)8;5-3-1-2-4(6)7-3/h3-4H,2H2,1H3,(H,7,8);1-2H/b4-3+;. The van der Waals surface area contributed by atoms with Crippen LogP contribution < -0.4 is 0 Å². The minimum Gasteiger partial charge on any atom is -0.478 e. The number of hydrogen-bond donors (Lipinski definition) is 1. The zero-order valence-corrected chi connectivity index (χ0v) is 8.91. The summed E-state index contributed by atoms with van der Waals surface area (Å²) in [5.74, 6) is -2.95. The highest BCUT2D eigenvalue weighted by atomic mass is 16.6. The maximum Gasteiger partial charge on any atom is 0.338 e. The van der Waals surface area contributed by atoms with Gasteiger partial charge in [-0.2, -0.15) is 0 Å². The second kappa shape index (κ2) is 7.80. The van der Waals surface area contributed by atoms with Crippen LogP contribution in [-0.2, 0) is 28.7 Å². The Balaban J connectivity index is 0.000000318. The molecule has 92 valence electrons. The average Bonchev–Trinajstić information content (AvgIpc) is 2.61. The molecule has 0 unspecified atom stereocenters. The van der Waals surface area contributed by atoms with Crippen LogP contribution in [0.2, 0.25) is 0 Å². The third kappa shape index (κ3) is 8.55. The molecule has 0 bridgehead atoms. The first kappa shape index (κ1) is 14.6. The molecule has 0 spiro atoms. The molecule has 0 radical (unpaired) electrons. The van der Waals surface area contributed by atoms with Crippen molar-refractivity contribution in [2.45, 2.75) is 6.92 Å². The van der Waals surface area contributed by atoms with Crippen molar-refractivity contribution in [1.29, 1.82) is 0 Å². The molecule has 0 amide bonds. The Morgan fingerprint density at radius 1 is 1.29 bits per heavy atom. The lowest BCUT2D eigenvalue weighted by Crippen LogP contribution is -2.00. The first-order valence-electron chi connectivity index (χ1n) is 4.47. The fraction of sp³-hybridized carbons (Fsp3) is 0.200. The highest BCUT2D eigenvalue weighted by Gasteiger charge is 2.10. The van der Waals surface area contributed by atoms with Gasteiger partial charge in [0, 0.05) is 24.3 Å². The van der Waals surface area contributed by atoms with E-state index < -0.39 is 23.9 Å². The van der Waals surface area contributed by atoms with Crippen LogP contribution in [0, 0.1) is 0 Å². The van der Waals surface area contributed by atoms with Gasteiger partial charge in [0.1, 0.15) is 0 Å². The van der Waals surface area contributed by atoms with Gasteiger partial charge < -0.3 is 14.6 Å². The van der Waals surface area contributed by atoms with Gasteiger partial charge in [0.25, 0.3) is 0 Å². The molecule has 0 saturated carbocycles. The van der Waals surface area contributed by atoms with Gasteiger partial charge >= 0.3 is 23.9 Å². The van der Waals surface area contributed by atoms with Crippen molar-refractivity contribution < 1.29 is 33.8 Å². The summed E-state index contributed by atoms with van der Waals surface area (Å²) in [6.07, 6.45) is 3.77. The number of carboxylic acid groups (broad SMARTS) is 1. The van der Waals surface area contributed by atoms with E-state index in [1.165, 1.54) is 0 Å². The van der Waals surface area contributed by atoms with Crippen LogP contribution in [0.4, 0.5) is 0 Å². The molecule has 0 atom stereocenters. The summed E-state index contributed by atoms with van der Waals surface area (Å²) in [4.78, 5) is 40.0. The van der Waals surface area contributed by atoms with Crippen molar-refractivity contribution in [3.63, 3.8) is 0 Å². The van der Waals surface area contributed by atoms with Crippen molar-refractivity contribution in [2.24, 2.45) is 0 Å². The van der Waals surface area contributed by atoms with Crippen LogP contribution in [0.15, 0.2) is 24.3 Å². The number of hydrogen-bond acceptors (Lipinski definition) is 6. The minimum absolute atomic E-state index is 0.253. The normalized spacial score (nSPS) is 13.0. The summed E-state index contributed by atoms with van der Waals surface area (Å²) in [5, 5.41) is 8.04. The smallest absolute Gasteiger partial charge is 0.338 e. The largest absolute Gasteiger partial charge is 0.478 e. The van der Waals surface area contributed by atoms with Crippen LogP contribution in [0.3, 0.4) is 0 Å². The van der Waals surface area contributed by atoms with Gasteiger partial charge in [0.2, 0.25) is 0 Å². The summed E-state index contributed by atoms with van der Waals surface area (Å²) in [5.41, 5.74) is 0. The highest BCUT2D eigenvalue weighted by molar-refractivity contribution is 6.04. The number of aliphatic carboxylic acids is 1. The molecule has 1 rings (SSSR count). The van der Waals surface area contributed by atoms with Gasteiger partial charge in [0.15, 0.2) is 0 Å². The van der Waals surface area contributed by atoms with E-state index in [1.807, 2.05) is 0 Å². The average molecular weight is 242 g/mol. The van der Waals surface area contributed by atoms with Crippen molar-refractivity contribution in [1.82, 2.24) is 0 Å². The molecule has 1 aliphatic heterocycles. The molecule has 0 aromatic heterocycles. The predicted molar refractivity (Wildman–Crippen MR) is 53.6 cm³/mol. The minimum atomic E-state index is -1.16. The molecule has 0 aromatic rings. The van der Waals surface area contributed by atoms with E-state index in [0.717, 1.165) is 24.3 Å². The second-order valence-corrected chi connectivity index (χ2v) is 2.50. The van der Waals surface area contributed by atoms with E-state index in [-0.39, 0.29) is 6.61 Å². The SMILES string of the molecule is CCOC(=O)/C=C/C(=O)O.O=C1C=CC(=O)O1. The Morgan fingerprint density at radius 2 is 1.82 bits per heavy atom. The van der Waals surface area contributed by atoms with Crippen molar-refractivity contribution in [3.05, 3.63) is 24.3 Å². The quantitative estimate of drug-likeness (QED) is 0.415. The fourth-order valence-electron chi connectivity index (χ4n) is 0.633. The van der Waals surface area contributed by atoms with Crippen LogP contribution >= 0.6 is 0 Å². The molecule has 1 aliphatic rings. The van der Waals surface area contributed by atoms with Crippen LogP contribution in [0.5, 0.6) is 0 Å². The van der Waals surface area contributed by atoms with E-state index in [4.69, 9.17) is 5.11 Å². The Kier molecular flexibility index (Phi) is 6.68. The maximum atomic E-state index is 10.4. The zero-order chi connectivity index (χ0) is 13.3. The summed E-state index contributed by atoms with van der Waals surface area (Å²) in [7, 11) is 0. The zero-order valence-electron chi connectivity index (χ0n) is 8.91. The van der Waals surface area contributed by atoms with Crippen LogP contribution in [-0.4, -0.2) is 35.6 Å². The Bertz CT molecular complexity index is 362. The number of carbonyl (C=O) groups excluding carboxylic acids is 3.